The summed E-state index contributed by atoms with van der Waals surface area (Å²) in [5.74, 6) is -1.34. The summed E-state index contributed by atoms with van der Waals surface area (Å²) in [6.45, 7) is 3.53. The highest BCUT2D eigenvalue weighted by Crippen LogP contribution is 2.31. The Morgan fingerprint density at radius 2 is 2.00 bits per heavy atom. The van der Waals surface area contributed by atoms with Crippen molar-refractivity contribution in [2.24, 2.45) is 5.92 Å². The van der Waals surface area contributed by atoms with Crippen LogP contribution in [-0.4, -0.2) is 12.1 Å². The van der Waals surface area contributed by atoms with E-state index in [1.54, 1.807) is 6.92 Å². The summed E-state index contributed by atoms with van der Waals surface area (Å²) in [5, 5.41) is 0. The number of rotatable bonds is 4. The fourth-order valence-corrected chi connectivity index (χ4v) is 1.16. The minimum Gasteiger partial charge on any atom is -0.170 e. The van der Waals surface area contributed by atoms with Gasteiger partial charge in [-0.15, -0.1) is 11.6 Å². The maximum atomic E-state index is 12.3. The Kier molecular flexibility index (Phi) is 5.45. The fraction of sp³-hybridized carbons (Fsp3) is 0.778. The smallest absolute Gasteiger partial charge is 0.170 e. The van der Waals surface area contributed by atoms with Gasteiger partial charge in [-0.25, -0.2) is 0 Å². The van der Waals surface area contributed by atoms with Crippen molar-refractivity contribution in [3.63, 3.8) is 0 Å². The molecule has 0 aromatic rings. The van der Waals surface area contributed by atoms with E-state index in [2.05, 4.69) is 0 Å². The average Bonchev–Trinajstić information content (AvgIpc) is 2.01. The molecule has 0 amide bonds. The quantitative estimate of drug-likeness (QED) is 0.487. The Labute approximate surface area is 81.8 Å². The van der Waals surface area contributed by atoms with Crippen molar-refractivity contribution in [1.29, 1.82) is 0 Å². The second-order valence-corrected chi connectivity index (χ2v) is 3.37. The highest BCUT2D eigenvalue weighted by Gasteiger charge is 2.37. The van der Waals surface area contributed by atoms with Gasteiger partial charge in [0.2, 0.25) is 0 Å². The van der Waals surface area contributed by atoms with E-state index in [1.807, 2.05) is 6.92 Å². The van der Waals surface area contributed by atoms with E-state index in [0.717, 1.165) is 5.57 Å². The third kappa shape index (κ3) is 5.19. The third-order valence-electron chi connectivity index (χ3n) is 1.88. The van der Waals surface area contributed by atoms with Crippen LogP contribution in [0, 0.1) is 5.92 Å². The van der Waals surface area contributed by atoms with Crippen molar-refractivity contribution in [2.45, 2.75) is 32.9 Å². The molecule has 0 radical (unpaired) electrons. The summed E-state index contributed by atoms with van der Waals surface area (Å²) in [6.07, 6.45) is -2.29. The molecule has 0 aliphatic heterocycles. The molecule has 0 saturated carbocycles. The molecule has 0 aliphatic rings. The minimum atomic E-state index is -4.16. The second-order valence-electron chi connectivity index (χ2n) is 2.99. The lowest BCUT2D eigenvalue weighted by Crippen LogP contribution is -2.21. The van der Waals surface area contributed by atoms with Crippen LogP contribution < -0.4 is 0 Å². The zero-order valence-corrected chi connectivity index (χ0v) is 8.54. The highest BCUT2D eigenvalue weighted by molar-refractivity contribution is 6.17. The lowest BCUT2D eigenvalue weighted by Gasteiger charge is -2.16. The van der Waals surface area contributed by atoms with Gasteiger partial charge in [0.05, 0.1) is 5.92 Å². The Morgan fingerprint density at radius 1 is 1.46 bits per heavy atom. The lowest BCUT2D eigenvalue weighted by atomic mass is 10.0. The third-order valence-corrected chi connectivity index (χ3v) is 2.10. The van der Waals surface area contributed by atoms with E-state index >= 15 is 0 Å². The monoisotopic (exact) mass is 214 g/mol. The molecule has 0 aromatic heterocycles. The van der Waals surface area contributed by atoms with Gasteiger partial charge in [-0.3, -0.25) is 0 Å². The molecule has 4 heteroatoms. The van der Waals surface area contributed by atoms with Crippen LogP contribution in [0.4, 0.5) is 13.2 Å². The average molecular weight is 215 g/mol. The van der Waals surface area contributed by atoms with Crippen LogP contribution in [0.25, 0.3) is 0 Å². The lowest BCUT2D eigenvalue weighted by molar-refractivity contribution is -0.161. The van der Waals surface area contributed by atoms with E-state index in [0.29, 0.717) is 6.42 Å². The molecule has 0 unspecified atom stereocenters. The second kappa shape index (κ2) is 5.53. The van der Waals surface area contributed by atoms with E-state index in [1.165, 1.54) is 6.08 Å². The van der Waals surface area contributed by atoms with Crippen molar-refractivity contribution in [1.82, 2.24) is 0 Å². The summed E-state index contributed by atoms with van der Waals surface area (Å²) in [6, 6.07) is 0. The number of hydrogen-bond acceptors (Lipinski definition) is 0. The molecule has 13 heavy (non-hydrogen) atoms. The van der Waals surface area contributed by atoms with Crippen LogP contribution in [-0.2, 0) is 0 Å². The van der Waals surface area contributed by atoms with E-state index in [4.69, 9.17) is 11.6 Å². The van der Waals surface area contributed by atoms with E-state index in [9.17, 15) is 13.2 Å². The predicted octanol–water partition coefficient (Wildman–Crippen LogP) is 4.15. The first-order valence-electron chi connectivity index (χ1n) is 4.21. The number of halogens is 4. The largest absolute Gasteiger partial charge is 0.395 e. The first kappa shape index (κ1) is 12.8. The molecule has 78 valence electrons. The molecule has 0 N–H and O–H groups in total. The van der Waals surface area contributed by atoms with Crippen LogP contribution in [0.2, 0.25) is 0 Å². The molecule has 0 aromatic carbocycles. The topological polar surface area (TPSA) is 0 Å². The normalized spacial score (nSPS) is 16.0. The molecule has 0 heterocycles. The molecule has 0 spiro atoms. The molecule has 0 fully saturated rings. The van der Waals surface area contributed by atoms with Gasteiger partial charge in [-0.1, -0.05) is 18.6 Å². The number of alkyl halides is 4. The predicted molar refractivity (Wildman–Crippen MR) is 48.9 cm³/mol. The van der Waals surface area contributed by atoms with Crippen molar-refractivity contribution in [3.8, 4) is 0 Å². The van der Waals surface area contributed by atoms with Crippen LogP contribution in [0.5, 0.6) is 0 Å². The van der Waals surface area contributed by atoms with Crippen LogP contribution in [0.1, 0.15) is 26.7 Å². The van der Waals surface area contributed by atoms with Gasteiger partial charge in [0.1, 0.15) is 0 Å². The SMILES string of the molecule is CC/C(C)=C\[C@H](CCCl)C(F)(F)F. The fourth-order valence-electron chi connectivity index (χ4n) is 0.920. The summed E-state index contributed by atoms with van der Waals surface area (Å²) in [7, 11) is 0. The molecule has 0 rings (SSSR count). The molecule has 1 atom stereocenters. The zero-order valence-electron chi connectivity index (χ0n) is 7.79. The maximum absolute atomic E-state index is 12.3. The van der Waals surface area contributed by atoms with Gasteiger partial charge in [-0.05, 0) is 19.8 Å². The molecule has 0 bridgehead atoms. The molecular formula is C9H14ClF3. The molecule has 0 aliphatic carbocycles. The number of allylic oxidation sites excluding steroid dienone is 2. The van der Waals surface area contributed by atoms with Crippen molar-refractivity contribution >= 4 is 11.6 Å². The van der Waals surface area contributed by atoms with Crippen LogP contribution in [0.3, 0.4) is 0 Å². The first-order chi connectivity index (χ1) is 5.91. The summed E-state index contributed by atoms with van der Waals surface area (Å²) in [4.78, 5) is 0. The summed E-state index contributed by atoms with van der Waals surface area (Å²) >= 11 is 5.30. The van der Waals surface area contributed by atoms with E-state index in [-0.39, 0.29) is 12.3 Å². The highest BCUT2D eigenvalue weighted by atomic mass is 35.5. The van der Waals surface area contributed by atoms with Crippen molar-refractivity contribution in [2.75, 3.05) is 5.88 Å². The summed E-state index contributed by atoms with van der Waals surface area (Å²) < 4.78 is 36.9. The Bertz CT molecular complexity index is 172. The van der Waals surface area contributed by atoms with Crippen LogP contribution in [0.15, 0.2) is 11.6 Å². The van der Waals surface area contributed by atoms with E-state index < -0.39 is 12.1 Å². The molecule has 0 saturated heterocycles. The first-order valence-corrected chi connectivity index (χ1v) is 4.75. The maximum Gasteiger partial charge on any atom is 0.395 e. The van der Waals surface area contributed by atoms with Gasteiger partial charge < -0.3 is 0 Å². The summed E-state index contributed by atoms with van der Waals surface area (Å²) in [5.41, 5.74) is 0.757. The standard InChI is InChI=1S/C9H14ClF3/c1-3-7(2)6-8(4-5-10)9(11,12)13/h6,8H,3-5H2,1-2H3/b7-6-/t8-/m0/s1. The Hall–Kier alpha value is -0.180. The molecule has 0 nitrogen and oxygen atoms in total. The van der Waals surface area contributed by atoms with Gasteiger partial charge in [0.15, 0.2) is 0 Å². The minimum absolute atomic E-state index is 0.0393. The van der Waals surface area contributed by atoms with Gasteiger partial charge in [0.25, 0.3) is 0 Å². The zero-order chi connectivity index (χ0) is 10.5. The Balaban J connectivity index is 4.43. The van der Waals surface area contributed by atoms with Crippen molar-refractivity contribution < 1.29 is 13.2 Å². The Morgan fingerprint density at radius 3 is 2.31 bits per heavy atom. The van der Waals surface area contributed by atoms with Gasteiger partial charge >= 0.3 is 6.18 Å². The number of hydrogen-bond donors (Lipinski definition) is 0. The van der Waals surface area contributed by atoms with Gasteiger partial charge in [-0.2, -0.15) is 13.2 Å². The van der Waals surface area contributed by atoms with Gasteiger partial charge in [0, 0.05) is 5.88 Å². The van der Waals surface area contributed by atoms with Crippen LogP contribution >= 0.6 is 11.6 Å². The van der Waals surface area contributed by atoms with Crippen molar-refractivity contribution in [3.05, 3.63) is 11.6 Å². The molecular weight excluding hydrogens is 201 g/mol.